The van der Waals surface area contributed by atoms with Gasteiger partial charge in [-0.3, -0.25) is 4.79 Å². The second-order valence-corrected chi connectivity index (χ2v) is 9.35. The Hall–Kier alpha value is -0.720. The minimum Gasteiger partial charge on any atom is -0.347 e. The number of benzene rings is 1. The Morgan fingerprint density at radius 1 is 1.25 bits per heavy atom. The highest BCUT2D eigenvalue weighted by atomic mass is 35.5. The standard InChI is InChI=1S/C17H16Cl2N2OS2/c18-10-2-1-3-13(16(10)19)23-15-7-6-14(24-15)17(22)21-12-8-9-4-5-11(12)20-9/h1-3,6-7,9,11-12,20H,4-5,8H2,(H,21,22)/t9-,11+,12-/m1/s1. The van der Waals surface area contributed by atoms with Crippen molar-refractivity contribution in [3.05, 3.63) is 45.3 Å². The van der Waals surface area contributed by atoms with Gasteiger partial charge in [0.15, 0.2) is 0 Å². The lowest BCUT2D eigenvalue weighted by Crippen LogP contribution is -2.42. The Morgan fingerprint density at radius 3 is 2.88 bits per heavy atom. The third-order valence-electron chi connectivity index (χ3n) is 4.55. The van der Waals surface area contributed by atoms with Gasteiger partial charge in [0.1, 0.15) is 0 Å². The second kappa shape index (κ2) is 6.89. The molecule has 2 N–H and O–H groups in total. The molecule has 1 amide bonds. The zero-order chi connectivity index (χ0) is 16.7. The molecule has 2 aliphatic rings. The minimum absolute atomic E-state index is 0.0170. The summed E-state index contributed by atoms with van der Waals surface area (Å²) in [6.45, 7) is 0. The molecule has 1 aromatic carbocycles. The van der Waals surface area contributed by atoms with Crippen molar-refractivity contribution in [1.29, 1.82) is 0 Å². The van der Waals surface area contributed by atoms with E-state index < -0.39 is 0 Å². The summed E-state index contributed by atoms with van der Waals surface area (Å²) in [4.78, 5) is 14.1. The number of amides is 1. The Morgan fingerprint density at radius 2 is 2.12 bits per heavy atom. The van der Waals surface area contributed by atoms with E-state index in [-0.39, 0.29) is 11.9 Å². The van der Waals surface area contributed by atoms with Crippen molar-refractivity contribution in [3.8, 4) is 0 Å². The van der Waals surface area contributed by atoms with Crippen molar-refractivity contribution >= 4 is 52.2 Å². The third-order valence-corrected chi connectivity index (χ3v) is 7.76. The van der Waals surface area contributed by atoms with Crippen LogP contribution in [0.25, 0.3) is 0 Å². The summed E-state index contributed by atoms with van der Waals surface area (Å²) >= 11 is 15.3. The molecule has 0 saturated carbocycles. The summed E-state index contributed by atoms with van der Waals surface area (Å²) in [6, 6.07) is 10.7. The lowest BCUT2D eigenvalue weighted by Gasteiger charge is -2.20. The molecule has 4 rings (SSSR count). The van der Waals surface area contributed by atoms with E-state index in [2.05, 4.69) is 10.6 Å². The molecule has 3 nitrogen and oxygen atoms in total. The number of hydrogen-bond acceptors (Lipinski definition) is 4. The van der Waals surface area contributed by atoms with Crippen LogP contribution in [0.4, 0.5) is 0 Å². The average molecular weight is 399 g/mol. The molecule has 24 heavy (non-hydrogen) atoms. The van der Waals surface area contributed by atoms with Gasteiger partial charge in [-0.15, -0.1) is 11.3 Å². The zero-order valence-corrected chi connectivity index (χ0v) is 15.9. The van der Waals surface area contributed by atoms with Crippen molar-refractivity contribution < 1.29 is 4.79 Å². The summed E-state index contributed by atoms with van der Waals surface area (Å²) in [6.07, 6.45) is 3.44. The van der Waals surface area contributed by atoms with E-state index in [1.807, 2.05) is 24.3 Å². The predicted molar refractivity (Wildman–Crippen MR) is 101 cm³/mol. The van der Waals surface area contributed by atoms with Crippen molar-refractivity contribution in [3.63, 3.8) is 0 Å². The fourth-order valence-corrected chi connectivity index (χ4v) is 5.91. The van der Waals surface area contributed by atoms with Gasteiger partial charge in [-0.2, -0.15) is 0 Å². The van der Waals surface area contributed by atoms with Gasteiger partial charge in [0.25, 0.3) is 5.91 Å². The molecule has 2 aromatic rings. The lowest BCUT2D eigenvalue weighted by atomic mass is 9.95. The molecule has 0 aliphatic carbocycles. The second-order valence-electron chi connectivity index (χ2n) is 6.14. The van der Waals surface area contributed by atoms with Gasteiger partial charge >= 0.3 is 0 Å². The van der Waals surface area contributed by atoms with Crippen LogP contribution in [0.15, 0.2) is 39.4 Å². The molecular formula is C17H16Cl2N2OS2. The molecule has 2 saturated heterocycles. The first-order valence-electron chi connectivity index (χ1n) is 7.89. The van der Waals surface area contributed by atoms with Gasteiger partial charge in [0, 0.05) is 23.0 Å². The normalized spacial score (nSPS) is 25.2. The number of carbonyl (C=O) groups is 1. The van der Waals surface area contributed by atoms with E-state index in [9.17, 15) is 4.79 Å². The van der Waals surface area contributed by atoms with E-state index in [1.165, 1.54) is 29.5 Å². The highest BCUT2D eigenvalue weighted by Gasteiger charge is 2.39. The highest BCUT2D eigenvalue weighted by Crippen LogP contribution is 2.39. The Bertz CT molecular complexity index is 780. The number of hydrogen-bond donors (Lipinski definition) is 2. The molecule has 2 bridgehead atoms. The van der Waals surface area contributed by atoms with Crippen LogP contribution in [0.3, 0.4) is 0 Å². The van der Waals surface area contributed by atoms with E-state index >= 15 is 0 Å². The molecule has 3 heterocycles. The van der Waals surface area contributed by atoms with E-state index in [4.69, 9.17) is 23.2 Å². The Balaban J connectivity index is 1.42. The van der Waals surface area contributed by atoms with Crippen LogP contribution >= 0.6 is 46.3 Å². The number of halogens is 2. The van der Waals surface area contributed by atoms with Gasteiger partial charge in [-0.05, 0) is 43.5 Å². The Kier molecular flexibility index (Phi) is 4.80. The van der Waals surface area contributed by atoms with E-state index in [1.54, 1.807) is 6.07 Å². The summed E-state index contributed by atoms with van der Waals surface area (Å²) in [5, 5.41) is 7.81. The van der Waals surface area contributed by atoms with Crippen LogP contribution in [-0.2, 0) is 0 Å². The lowest BCUT2D eigenvalue weighted by molar-refractivity contribution is 0.0935. The fraction of sp³-hybridized carbons (Fsp3) is 0.353. The largest absolute Gasteiger partial charge is 0.347 e. The SMILES string of the molecule is O=C(N[C@@H]1C[C@H]2CC[C@@H]1N2)c1ccc(Sc2cccc(Cl)c2Cl)s1. The molecule has 1 aromatic heterocycles. The summed E-state index contributed by atoms with van der Waals surface area (Å²) < 4.78 is 1.02. The predicted octanol–water partition coefficient (Wildman–Crippen LogP) is 4.83. The van der Waals surface area contributed by atoms with Crippen molar-refractivity contribution in [2.75, 3.05) is 0 Å². The maximum Gasteiger partial charge on any atom is 0.261 e. The van der Waals surface area contributed by atoms with Gasteiger partial charge in [-0.25, -0.2) is 0 Å². The fourth-order valence-electron chi connectivity index (χ4n) is 3.39. The number of carbonyl (C=O) groups excluding carboxylic acids is 1. The monoisotopic (exact) mass is 398 g/mol. The molecule has 0 spiro atoms. The topological polar surface area (TPSA) is 41.1 Å². The molecule has 2 aliphatic heterocycles. The number of fused-ring (bicyclic) bond motifs is 2. The quantitative estimate of drug-likeness (QED) is 0.774. The Labute approximate surface area is 159 Å². The van der Waals surface area contributed by atoms with Crippen molar-refractivity contribution in [1.82, 2.24) is 10.6 Å². The molecule has 3 atom stereocenters. The van der Waals surface area contributed by atoms with E-state index in [0.29, 0.717) is 22.1 Å². The van der Waals surface area contributed by atoms with Crippen LogP contribution in [0.2, 0.25) is 10.0 Å². The smallest absolute Gasteiger partial charge is 0.261 e. The number of rotatable bonds is 4. The molecule has 0 radical (unpaired) electrons. The molecular weight excluding hydrogens is 383 g/mol. The van der Waals surface area contributed by atoms with Crippen LogP contribution in [0.1, 0.15) is 28.9 Å². The first-order chi connectivity index (χ1) is 11.6. The summed E-state index contributed by atoms with van der Waals surface area (Å²) in [5.74, 6) is 0.0170. The molecule has 126 valence electrons. The molecule has 0 unspecified atom stereocenters. The van der Waals surface area contributed by atoms with Gasteiger partial charge in [0.2, 0.25) is 0 Å². The highest BCUT2D eigenvalue weighted by molar-refractivity contribution is 8.01. The average Bonchev–Trinajstić information content (AvgIpc) is 3.28. The third kappa shape index (κ3) is 3.33. The maximum atomic E-state index is 12.5. The van der Waals surface area contributed by atoms with Crippen LogP contribution in [0, 0.1) is 0 Å². The van der Waals surface area contributed by atoms with Gasteiger partial charge < -0.3 is 10.6 Å². The number of thiophene rings is 1. The van der Waals surface area contributed by atoms with Gasteiger partial charge in [0.05, 0.1) is 19.1 Å². The summed E-state index contributed by atoms with van der Waals surface area (Å²) in [5.41, 5.74) is 0. The van der Waals surface area contributed by atoms with E-state index in [0.717, 1.165) is 26.8 Å². The van der Waals surface area contributed by atoms with Crippen LogP contribution in [-0.4, -0.2) is 24.0 Å². The van der Waals surface area contributed by atoms with Crippen LogP contribution in [0.5, 0.6) is 0 Å². The molecule has 2 fully saturated rings. The zero-order valence-electron chi connectivity index (χ0n) is 12.7. The number of nitrogens with one attached hydrogen (secondary N) is 2. The van der Waals surface area contributed by atoms with Crippen molar-refractivity contribution in [2.24, 2.45) is 0 Å². The van der Waals surface area contributed by atoms with Gasteiger partial charge in [-0.1, -0.05) is 41.0 Å². The van der Waals surface area contributed by atoms with Crippen molar-refractivity contribution in [2.45, 2.75) is 46.5 Å². The maximum absolute atomic E-state index is 12.5. The minimum atomic E-state index is 0.0170. The first-order valence-corrected chi connectivity index (χ1v) is 10.3. The first kappa shape index (κ1) is 16.7. The van der Waals surface area contributed by atoms with Crippen LogP contribution < -0.4 is 10.6 Å². The molecule has 7 heteroatoms. The summed E-state index contributed by atoms with van der Waals surface area (Å²) in [7, 11) is 0.